The van der Waals surface area contributed by atoms with Gasteiger partial charge in [0.05, 0.1) is 6.61 Å². The van der Waals surface area contributed by atoms with Gasteiger partial charge in [0, 0.05) is 20.1 Å². The van der Waals surface area contributed by atoms with E-state index >= 15 is 0 Å². The Kier molecular flexibility index (Phi) is 4.08. The number of anilines is 1. The highest BCUT2D eigenvalue weighted by Gasteiger charge is 2.15. The molecule has 0 unspecified atom stereocenters. The molecule has 5 nitrogen and oxygen atoms in total. The number of ether oxygens (including phenoxy) is 1. The third-order valence-electron chi connectivity index (χ3n) is 1.74. The lowest BCUT2D eigenvalue weighted by atomic mass is 9.92. The molecule has 0 saturated carbocycles. The lowest BCUT2D eigenvalue weighted by Crippen LogP contribution is -2.11. The van der Waals surface area contributed by atoms with Crippen molar-refractivity contribution in [3.05, 3.63) is 5.82 Å². The van der Waals surface area contributed by atoms with Crippen LogP contribution in [0.1, 0.15) is 26.6 Å². The molecule has 0 atom stereocenters. The van der Waals surface area contributed by atoms with Gasteiger partial charge in [-0.1, -0.05) is 25.9 Å². The van der Waals surface area contributed by atoms with Crippen molar-refractivity contribution in [2.24, 2.45) is 5.41 Å². The first-order valence-corrected chi connectivity index (χ1v) is 5.07. The third-order valence-corrected chi connectivity index (χ3v) is 1.74. The van der Waals surface area contributed by atoms with Gasteiger partial charge < -0.3 is 14.6 Å². The van der Waals surface area contributed by atoms with Crippen LogP contribution in [0.25, 0.3) is 0 Å². The van der Waals surface area contributed by atoms with Crippen molar-refractivity contribution >= 4 is 6.01 Å². The Bertz CT molecular complexity index is 291. The molecule has 0 aliphatic carbocycles. The molecule has 0 bridgehead atoms. The normalized spacial score (nSPS) is 11.7. The summed E-state index contributed by atoms with van der Waals surface area (Å²) >= 11 is 0. The summed E-state index contributed by atoms with van der Waals surface area (Å²) in [6.07, 6.45) is 0.808. The average Bonchev–Trinajstić information content (AvgIpc) is 2.50. The Hall–Kier alpha value is -1.10. The summed E-state index contributed by atoms with van der Waals surface area (Å²) in [6.45, 7) is 7.72. The summed E-state index contributed by atoms with van der Waals surface area (Å²) in [5.74, 6) is 0.738. The molecule has 0 aliphatic rings. The van der Waals surface area contributed by atoms with E-state index in [0.717, 1.165) is 12.2 Å². The first kappa shape index (κ1) is 12.0. The van der Waals surface area contributed by atoms with Crippen molar-refractivity contribution in [3.8, 4) is 0 Å². The molecule has 0 radical (unpaired) electrons. The number of hydrogen-bond donors (Lipinski definition) is 1. The van der Waals surface area contributed by atoms with Crippen LogP contribution >= 0.6 is 0 Å². The Labute approximate surface area is 90.2 Å². The van der Waals surface area contributed by atoms with Crippen LogP contribution in [0, 0.1) is 5.41 Å². The second kappa shape index (κ2) is 5.11. The lowest BCUT2D eigenvalue weighted by Gasteiger charge is -2.14. The fourth-order valence-corrected chi connectivity index (χ4v) is 1.13. The highest BCUT2D eigenvalue weighted by molar-refractivity contribution is 5.17. The van der Waals surface area contributed by atoms with Crippen LogP contribution in [0.15, 0.2) is 4.52 Å². The molecule has 1 aromatic heterocycles. The zero-order valence-electron chi connectivity index (χ0n) is 9.83. The Balaban J connectivity index is 2.42. The maximum atomic E-state index is 5.03. The number of nitrogens with zero attached hydrogens (tertiary/aromatic N) is 2. The van der Waals surface area contributed by atoms with Gasteiger partial charge in [-0.25, -0.2) is 0 Å². The predicted molar refractivity (Wildman–Crippen MR) is 57.8 cm³/mol. The van der Waals surface area contributed by atoms with Gasteiger partial charge in [-0.15, -0.1) is 0 Å². The summed E-state index contributed by atoms with van der Waals surface area (Å²) in [4.78, 5) is 4.22. The second-order valence-corrected chi connectivity index (χ2v) is 4.67. The van der Waals surface area contributed by atoms with Gasteiger partial charge in [0.25, 0.3) is 0 Å². The molecule has 15 heavy (non-hydrogen) atoms. The van der Waals surface area contributed by atoms with Crippen molar-refractivity contribution in [2.75, 3.05) is 25.6 Å². The molecule has 1 aromatic rings. The molecule has 86 valence electrons. The number of hydrogen-bond acceptors (Lipinski definition) is 5. The highest BCUT2D eigenvalue weighted by atomic mass is 16.5. The first-order chi connectivity index (χ1) is 7.01. The van der Waals surface area contributed by atoms with Crippen LogP contribution in [-0.4, -0.2) is 30.4 Å². The summed E-state index contributed by atoms with van der Waals surface area (Å²) in [6, 6.07) is 0.464. The summed E-state index contributed by atoms with van der Waals surface area (Å²) in [5.41, 5.74) is 0.174. The summed E-state index contributed by atoms with van der Waals surface area (Å²) < 4.78 is 9.93. The van der Waals surface area contributed by atoms with E-state index in [9.17, 15) is 0 Å². The van der Waals surface area contributed by atoms with E-state index in [4.69, 9.17) is 9.26 Å². The molecule has 1 heterocycles. The predicted octanol–water partition coefficient (Wildman–Crippen LogP) is 1.72. The van der Waals surface area contributed by atoms with Gasteiger partial charge in [0.2, 0.25) is 0 Å². The minimum absolute atomic E-state index is 0.174. The van der Waals surface area contributed by atoms with E-state index < -0.39 is 0 Å². The van der Waals surface area contributed by atoms with Gasteiger partial charge in [-0.05, 0) is 5.41 Å². The fourth-order valence-electron chi connectivity index (χ4n) is 1.13. The van der Waals surface area contributed by atoms with Gasteiger partial charge in [-0.2, -0.15) is 4.98 Å². The molecule has 0 amide bonds. The Morgan fingerprint density at radius 3 is 2.73 bits per heavy atom. The van der Waals surface area contributed by atoms with E-state index in [2.05, 4.69) is 36.2 Å². The maximum Gasteiger partial charge on any atom is 0.321 e. The van der Waals surface area contributed by atoms with Crippen molar-refractivity contribution < 1.29 is 9.26 Å². The molecule has 0 spiro atoms. The van der Waals surface area contributed by atoms with Crippen molar-refractivity contribution in [1.29, 1.82) is 0 Å². The number of nitrogens with one attached hydrogen (secondary N) is 1. The number of aromatic nitrogens is 2. The van der Waals surface area contributed by atoms with Gasteiger partial charge in [0.1, 0.15) is 0 Å². The standard InChI is InChI=1S/C10H19N3O2/c1-10(2,3)7-8-12-9(15-13-8)11-5-6-14-4/h5-7H2,1-4H3,(H,11,12,13). The van der Waals surface area contributed by atoms with Crippen molar-refractivity contribution in [2.45, 2.75) is 27.2 Å². The van der Waals surface area contributed by atoms with Crippen LogP contribution in [0.3, 0.4) is 0 Å². The monoisotopic (exact) mass is 213 g/mol. The van der Waals surface area contributed by atoms with Crippen LogP contribution in [0.5, 0.6) is 0 Å². The topological polar surface area (TPSA) is 60.2 Å². The molecule has 0 fully saturated rings. The molecule has 0 aliphatic heterocycles. The third kappa shape index (κ3) is 4.78. The largest absolute Gasteiger partial charge is 0.383 e. The number of methoxy groups -OCH3 is 1. The van der Waals surface area contributed by atoms with Crippen LogP contribution in [0.4, 0.5) is 6.01 Å². The van der Waals surface area contributed by atoms with E-state index in [0.29, 0.717) is 19.2 Å². The van der Waals surface area contributed by atoms with Crippen LogP contribution in [-0.2, 0) is 11.2 Å². The van der Waals surface area contributed by atoms with Gasteiger partial charge in [0.15, 0.2) is 5.82 Å². The van der Waals surface area contributed by atoms with Gasteiger partial charge in [-0.3, -0.25) is 0 Å². The maximum absolute atomic E-state index is 5.03. The van der Waals surface area contributed by atoms with E-state index in [-0.39, 0.29) is 5.41 Å². The minimum Gasteiger partial charge on any atom is -0.383 e. The lowest BCUT2D eigenvalue weighted by molar-refractivity contribution is 0.210. The fraction of sp³-hybridized carbons (Fsp3) is 0.800. The van der Waals surface area contributed by atoms with E-state index in [1.807, 2.05) is 0 Å². The average molecular weight is 213 g/mol. The quantitative estimate of drug-likeness (QED) is 0.754. The van der Waals surface area contributed by atoms with Crippen molar-refractivity contribution in [3.63, 3.8) is 0 Å². The number of rotatable bonds is 5. The molecule has 0 aromatic carbocycles. The second-order valence-electron chi connectivity index (χ2n) is 4.67. The summed E-state index contributed by atoms with van der Waals surface area (Å²) in [5, 5.41) is 6.88. The molecule has 1 N–H and O–H groups in total. The van der Waals surface area contributed by atoms with Crippen LogP contribution in [0.2, 0.25) is 0 Å². The van der Waals surface area contributed by atoms with E-state index in [1.54, 1.807) is 7.11 Å². The zero-order valence-corrected chi connectivity index (χ0v) is 9.83. The highest BCUT2D eigenvalue weighted by Crippen LogP contribution is 2.19. The zero-order chi connectivity index (χ0) is 11.3. The van der Waals surface area contributed by atoms with Crippen molar-refractivity contribution in [1.82, 2.24) is 10.1 Å². The molecule has 0 saturated heterocycles. The Morgan fingerprint density at radius 1 is 1.40 bits per heavy atom. The SMILES string of the molecule is COCCNc1nc(CC(C)(C)C)no1. The Morgan fingerprint density at radius 2 is 2.13 bits per heavy atom. The molecular weight excluding hydrogens is 194 g/mol. The molecule has 5 heteroatoms. The first-order valence-electron chi connectivity index (χ1n) is 5.07. The van der Waals surface area contributed by atoms with Gasteiger partial charge >= 0.3 is 6.01 Å². The minimum atomic E-state index is 0.174. The smallest absolute Gasteiger partial charge is 0.321 e. The van der Waals surface area contributed by atoms with Crippen LogP contribution < -0.4 is 5.32 Å². The molecular formula is C10H19N3O2. The molecule has 1 rings (SSSR count). The summed E-state index contributed by atoms with van der Waals surface area (Å²) in [7, 11) is 1.65. The van der Waals surface area contributed by atoms with E-state index in [1.165, 1.54) is 0 Å².